The summed E-state index contributed by atoms with van der Waals surface area (Å²) in [5.41, 5.74) is -0.326. The Bertz CT molecular complexity index is 500. The highest BCUT2D eigenvalue weighted by Gasteiger charge is 2.51. The standard InChI is InChI=1S/C20H32N2O2/c1-20(2,3)19(24)22-6-4-21(5-7-22)18(23)17-15-9-13-8-14(11-15)12-16(17)10-13/h13-17H,4-12H2,1-3H3. The predicted molar refractivity (Wildman–Crippen MR) is 93.2 cm³/mol. The molecular formula is C20H32N2O2. The first-order valence-electron chi connectivity index (χ1n) is 9.91. The minimum absolute atomic E-state index is 0.212. The van der Waals surface area contributed by atoms with E-state index in [1.165, 1.54) is 32.1 Å². The Hall–Kier alpha value is -1.06. The van der Waals surface area contributed by atoms with E-state index in [2.05, 4.69) is 4.90 Å². The second-order valence-corrected chi connectivity index (χ2v) is 9.82. The summed E-state index contributed by atoms with van der Waals surface area (Å²) in [4.78, 5) is 29.6. The van der Waals surface area contributed by atoms with Gasteiger partial charge >= 0.3 is 0 Å². The summed E-state index contributed by atoms with van der Waals surface area (Å²) in [6.45, 7) is 8.78. The number of carbonyl (C=O) groups is 2. The summed E-state index contributed by atoms with van der Waals surface area (Å²) in [6, 6.07) is 0. The van der Waals surface area contributed by atoms with E-state index in [0.29, 0.717) is 36.8 Å². The van der Waals surface area contributed by atoms with Crippen molar-refractivity contribution in [3.8, 4) is 0 Å². The summed E-state index contributed by atoms with van der Waals surface area (Å²) >= 11 is 0. The number of piperazine rings is 1. The van der Waals surface area contributed by atoms with Gasteiger partial charge in [-0.05, 0) is 55.8 Å². The van der Waals surface area contributed by atoms with E-state index >= 15 is 0 Å². The van der Waals surface area contributed by atoms with E-state index < -0.39 is 0 Å². The average molecular weight is 332 g/mol. The Morgan fingerprint density at radius 2 is 1.21 bits per heavy atom. The highest BCUT2D eigenvalue weighted by Crippen LogP contribution is 2.56. The van der Waals surface area contributed by atoms with Gasteiger partial charge in [-0.1, -0.05) is 20.8 Å². The van der Waals surface area contributed by atoms with E-state index in [9.17, 15) is 9.59 Å². The number of hydrogen-bond acceptors (Lipinski definition) is 2. The van der Waals surface area contributed by atoms with Gasteiger partial charge in [0.1, 0.15) is 0 Å². The molecule has 4 saturated carbocycles. The molecule has 1 saturated heterocycles. The van der Waals surface area contributed by atoms with Crippen LogP contribution < -0.4 is 0 Å². The molecule has 2 amide bonds. The van der Waals surface area contributed by atoms with Crippen molar-refractivity contribution in [3.63, 3.8) is 0 Å². The Morgan fingerprint density at radius 1 is 0.750 bits per heavy atom. The van der Waals surface area contributed by atoms with Gasteiger partial charge in [0.2, 0.25) is 11.8 Å². The molecular weight excluding hydrogens is 300 g/mol. The van der Waals surface area contributed by atoms with Crippen molar-refractivity contribution in [2.45, 2.75) is 52.9 Å². The zero-order valence-corrected chi connectivity index (χ0v) is 15.5. The molecule has 0 radical (unpaired) electrons. The fourth-order valence-electron chi connectivity index (χ4n) is 6.14. The van der Waals surface area contributed by atoms with E-state index in [4.69, 9.17) is 0 Å². The fourth-order valence-corrected chi connectivity index (χ4v) is 6.14. The van der Waals surface area contributed by atoms with E-state index in [1.54, 1.807) is 0 Å². The van der Waals surface area contributed by atoms with Crippen LogP contribution in [0.3, 0.4) is 0 Å². The van der Waals surface area contributed by atoms with Crippen molar-refractivity contribution in [3.05, 3.63) is 0 Å². The van der Waals surface area contributed by atoms with Crippen molar-refractivity contribution >= 4 is 11.8 Å². The van der Waals surface area contributed by atoms with Gasteiger partial charge in [-0.3, -0.25) is 9.59 Å². The smallest absolute Gasteiger partial charge is 0.228 e. The molecule has 0 N–H and O–H groups in total. The first kappa shape index (κ1) is 16.4. The van der Waals surface area contributed by atoms with Gasteiger partial charge in [-0.15, -0.1) is 0 Å². The van der Waals surface area contributed by atoms with E-state index in [0.717, 1.165) is 24.9 Å². The van der Waals surface area contributed by atoms with Gasteiger partial charge in [0.15, 0.2) is 0 Å². The Kier molecular flexibility index (Phi) is 3.92. The van der Waals surface area contributed by atoms with Crippen LogP contribution in [-0.4, -0.2) is 47.8 Å². The summed E-state index contributed by atoms with van der Waals surface area (Å²) in [6.07, 6.45) is 6.62. The molecule has 24 heavy (non-hydrogen) atoms. The van der Waals surface area contributed by atoms with Gasteiger partial charge in [0.05, 0.1) is 0 Å². The highest BCUT2D eigenvalue weighted by atomic mass is 16.2. The zero-order chi connectivity index (χ0) is 17.1. The van der Waals surface area contributed by atoms with E-state index in [1.807, 2.05) is 25.7 Å². The minimum atomic E-state index is -0.326. The van der Waals surface area contributed by atoms with Crippen molar-refractivity contribution in [1.29, 1.82) is 0 Å². The molecule has 1 heterocycles. The Morgan fingerprint density at radius 3 is 1.67 bits per heavy atom. The summed E-state index contributed by atoms with van der Waals surface area (Å²) in [5, 5.41) is 0. The maximum Gasteiger partial charge on any atom is 0.228 e. The van der Waals surface area contributed by atoms with Crippen molar-refractivity contribution in [2.75, 3.05) is 26.2 Å². The lowest BCUT2D eigenvalue weighted by molar-refractivity contribution is -0.154. The zero-order valence-electron chi connectivity index (χ0n) is 15.5. The quantitative estimate of drug-likeness (QED) is 0.741. The fraction of sp³-hybridized carbons (Fsp3) is 0.900. The molecule has 0 spiro atoms. The molecule has 5 rings (SSSR count). The predicted octanol–water partition coefficient (Wildman–Crippen LogP) is 2.78. The van der Waals surface area contributed by atoms with Crippen molar-refractivity contribution in [2.24, 2.45) is 35.0 Å². The second kappa shape index (κ2) is 5.74. The third kappa shape index (κ3) is 2.76. The Labute approximate surface area is 145 Å². The number of amides is 2. The number of rotatable bonds is 1. The molecule has 134 valence electrons. The molecule has 0 aromatic heterocycles. The summed E-state index contributed by atoms with van der Waals surface area (Å²) in [5.74, 6) is 4.06. The van der Waals surface area contributed by atoms with E-state index in [-0.39, 0.29) is 11.3 Å². The molecule has 4 heteroatoms. The third-order valence-corrected chi connectivity index (χ3v) is 7.03. The van der Waals surface area contributed by atoms with Crippen LogP contribution in [0.25, 0.3) is 0 Å². The van der Waals surface area contributed by atoms with Crippen molar-refractivity contribution < 1.29 is 9.59 Å². The van der Waals surface area contributed by atoms with Crippen LogP contribution in [0.1, 0.15) is 52.9 Å². The molecule has 4 bridgehead atoms. The van der Waals surface area contributed by atoms with Crippen LogP contribution in [-0.2, 0) is 9.59 Å². The van der Waals surface area contributed by atoms with Crippen LogP contribution in [0.5, 0.6) is 0 Å². The first-order valence-corrected chi connectivity index (χ1v) is 9.91. The van der Waals surface area contributed by atoms with Crippen LogP contribution >= 0.6 is 0 Å². The normalized spacial score (nSPS) is 38.5. The van der Waals surface area contributed by atoms with Crippen LogP contribution in [0, 0.1) is 35.0 Å². The van der Waals surface area contributed by atoms with Crippen LogP contribution in [0.15, 0.2) is 0 Å². The number of nitrogens with zero attached hydrogens (tertiary/aromatic N) is 2. The SMILES string of the molecule is CC(C)(C)C(=O)N1CCN(C(=O)C2C3CC4CC(C3)CC2C4)CC1. The lowest BCUT2D eigenvalue weighted by Crippen LogP contribution is -2.57. The number of hydrogen-bond donors (Lipinski definition) is 0. The van der Waals surface area contributed by atoms with Crippen molar-refractivity contribution in [1.82, 2.24) is 9.80 Å². The van der Waals surface area contributed by atoms with Crippen LogP contribution in [0.4, 0.5) is 0 Å². The summed E-state index contributed by atoms with van der Waals surface area (Å²) < 4.78 is 0. The van der Waals surface area contributed by atoms with Gasteiger partial charge in [0.25, 0.3) is 0 Å². The maximum atomic E-state index is 13.2. The summed E-state index contributed by atoms with van der Waals surface area (Å²) in [7, 11) is 0. The van der Waals surface area contributed by atoms with Gasteiger partial charge in [0, 0.05) is 37.5 Å². The van der Waals surface area contributed by atoms with Gasteiger partial charge < -0.3 is 9.80 Å². The maximum absolute atomic E-state index is 13.2. The molecule has 4 aliphatic carbocycles. The lowest BCUT2D eigenvalue weighted by atomic mass is 9.51. The highest BCUT2D eigenvalue weighted by molar-refractivity contribution is 5.83. The molecule has 0 unspecified atom stereocenters. The molecule has 5 aliphatic rings. The molecule has 0 atom stereocenters. The molecule has 1 aliphatic heterocycles. The first-order chi connectivity index (χ1) is 11.3. The van der Waals surface area contributed by atoms with Gasteiger partial charge in [-0.2, -0.15) is 0 Å². The lowest BCUT2D eigenvalue weighted by Gasteiger charge is -2.54. The third-order valence-electron chi connectivity index (χ3n) is 7.03. The van der Waals surface area contributed by atoms with Crippen LogP contribution in [0.2, 0.25) is 0 Å². The van der Waals surface area contributed by atoms with Gasteiger partial charge in [-0.25, -0.2) is 0 Å². The average Bonchev–Trinajstić information content (AvgIpc) is 2.52. The molecule has 0 aromatic carbocycles. The second-order valence-electron chi connectivity index (χ2n) is 9.82. The topological polar surface area (TPSA) is 40.6 Å². The monoisotopic (exact) mass is 332 g/mol. The number of carbonyl (C=O) groups excluding carboxylic acids is 2. The molecule has 5 fully saturated rings. The largest absolute Gasteiger partial charge is 0.339 e. The Balaban J connectivity index is 1.38. The molecule has 4 nitrogen and oxygen atoms in total. The molecule has 0 aromatic rings. The minimum Gasteiger partial charge on any atom is -0.339 e.